The van der Waals surface area contributed by atoms with E-state index in [-0.39, 0.29) is 0 Å². The molecule has 0 aliphatic carbocycles. The van der Waals surface area contributed by atoms with Gasteiger partial charge in [0, 0.05) is 10.8 Å². The predicted octanol–water partition coefficient (Wildman–Crippen LogP) is 6.46. The second-order valence-corrected chi connectivity index (χ2v) is 9.88. The number of rotatable bonds is 6. The van der Waals surface area contributed by atoms with Crippen molar-refractivity contribution in [1.82, 2.24) is 0 Å². The third-order valence-corrected chi connectivity index (χ3v) is 6.93. The molecule has 3 nitrogen and oxygen atoms in total. The summed E-state index contributed by atoms with van der Waals surface area (Å²) in [6.45, 7) is 7.38. The van der Waals surface area contributed by atoms with Gasteiger partial charge in [0.15, 0.2) is 0 Å². The van der Waals surface area contributed by atoms with E-state index in [1.54, 1.807) is 13.8 Å². The fraction of sp³-hybridized carbons (Fsp3) is 0.200. The van der Waals surface area contributed by atoms with E-state index >= 15 is 0 Å². The zero-order valence-corrected chi connectivity index (χ0v) is 20.1. The van der Waals surface area contributed by atoms with Gasteiger partial charge in [-0.3, -0.25) is 0 Å². The van der Waals surface area contributed by atoms with Crippen molar-refractivity contribution in [3.8, 4) is 22.3 Å². The summed E-state index contributed by atoms with van der Waals surface area (Å²) >= 11 is 0. The van der Waals surface area contributed by atoms with Gasteiger partial charge in [-0.2, -0.15) is 0 Å². The van der Waals surface area contributed by atoms with E-state index < -0.39 is 11.2 Å². The van der Waals surface area contributed by atoms with Crippen LogP contribution in [0.3, 0.4) is 0 Å². The van der Waals surface area contributed by atoms with Crippen LogP contribution in [0, 0.1) is 0 Å². The molecule has 0 bridgehead atoms. The Hall–Kier alpha value is -3.34. The second kappa shape index (κ2) is 8.46. The van der Waals surface area contributed by atoms with Crippen LogP contribution < -0.4 is 5.46 Å². The first-order valence-electron chi connectivity index (χ1n) is 11.7. The van der Waals surface area contributed by atoms with Gasteiger partial charge in [0.25, 0.3) is 0 Å². The summed E-state index contributed by atoms with van der Waals surface area (Å²) in [6, 6.07) is 31.4. The van der Waals surface area contributed by atoms with E-state index in [1.165, 1.54) is 16.7 Å². The summed E-state index contributed by atoms with van der Waals surface area (Å²) in [5.41, 5.74) is 5.82. The zero-order chi connectivity index (χ0) is 23.9. The molecule has 0 atom stereocenters. The lowest BCUT2D eigenvalue weighted by atomic mass is 9.82. The van der Waals surface area contributed by atoms with Gasteiger partial charge in [-0.25, -0.2) is 0 Å². The van der Waals surface area contributed by atoms with E-state index in [1.807, 2.05) is 38.1 Å². The maximum Gasteiger partial charge on any atom is 0.309 e. The average Bonchev–Trinajstić information content (AvgIpc) is 3.21. The Labute approximate surface area is 201 Å². The molecule has 0 fully saturated rings. The molecule has 34 heavy (non-hydrogen) atoms. The highest BCUT2D eigenvalue weighted by Gasteiger charge is 2.35. The van der Waals surface area contributed by atoms with E-state index in [9.17, 15) is 5.11 Å². The third kappa shape index (κ3) is 4.04. The van der Waals surface area contributed by atoms with Crippen LogP contribution in [0.4, 0.5) is 0 Å². The van der Waals surface area contributed by atoms with Gasteiger partial charge in [0.05, 0.1) is 11.2 Å². The molecule has 1 aromatic heterocycles. The molecule has 0 unspecified atom stereocenters. The van der Waals surface area contributed by atoms with E-state index in [0.717, 1.165) is 33.0 Å². The van der Waals surface area contributed by atoms with Gasteiger partial charge in [0.1, 0.15) is 11.2 Å². The van der Waals surface area contributed by atoms with Crippen molar-refractivity contribution in [3.63, 3.8) is 0 Å². The SMILES string of the molecule is CC(C)(O)C(C)(C)OBc1ccc2oc3cccc(-c4ccccc4-c4ccccc4)c3c2c1. The van der Waals surface area contributed by atoms with Crippen molar-refractivity contribution >= 4 is 34.9 Å². The highest BCUT2D eigenvalue weighted by atomic mass is 16.5. The second-order valence-electron chi connectivity index (χ2n) is 9.88. The Morgan fingerprint density at radius 3 is 2.12 bits per heavy atom. The van der Waals surface area contributed by atoms with Gasteiger partial charge in [0.2, 0.25) is 0 Å². The lowest BCUT2D eigenvalue weighted by Gasteiger charge is -2.37. The minimum atomic E-state index is -0.951. The van der Waals surface area contributed by atoms with Gasteiger partial charge in [-0.05, 0) is 62.1 Å². The molecular weight excluding hydrogens is 419 g/mol. The highest BCUT2D eigenvalue weighted by molar-refractivity contribution is 6.47. The molecule has 4 heteroatoms. The maximum absolute atomic E-state index is 10.4. The molecule has 0 spiro atoms. The molecule has 0 radical (unpaired) electrons. The van der Waals surface area contributed by atoms with E-state index in [0.29, 0.717) is 7.48 Å². The van der Waals surface area contributed by atoms with E-state index in [4.69, 9.17) is 9.07 Å². The summed E-state index contributed by atoms with van der Waals surface area (Å²) in [4.78, 5) is 0. The Morgan fingerprint density at radius 1 is 0.706 bits per heavy atom. The van der Waals surface area contributed by atoms with Crippen molar-refractivity contribution in [1.29, 1.82) is 0 Å². The minimum absolute atomic E-state index is 0.405. The fourth-order valence-corrected chi connectivity index (χ4v) is 4.22. The molecule has 5 rings (SSSR count). The van der Waals surface area contributed by atoms with Crippen molar-refractivity contribution < 1.29 is 14.2 Å². The quantitative estimate of drug-likeness (QED) is 0.303. The number of hydrogen-bond acceptors (Lipinski definition) is 3. The van der Waals surface area contributed by atoms with Crippen LogP contribution in [0.5, 0.6) is 0 Å². The molecule has 170 valence electrons. The Balaban J connectivity index is 1.63. The minimum Gasteiger partial charge on any atom is -0.456 e. The third-order valence-electron chi connectivity index (χ3n) is 6.93. The molecule has 0 aliphatic rings. The first-order chi connectivity index (χ1) is 16.2. The molecule has 0 saturated heterocycles. The Bertz CT molecular complexity index is 1460. The lowest BCUT2D eigenvalue weighted by Crippen LogP contribution is -2.49. The van der Waals surface area contributed by atoms with Crippen LogP contribution in [0.2, 0.25) is 0 Å². The van der Waals surface area contributed by atoms with Crippen LogP contribution in [-0.4, -0.2) is 23.8 Å². The zero-order valence-electron chi connectivity index (χ0n) is 20.1. The number of furan rings is 1. The van der Waals surface area contributed by atoms with Gasteiger partial charge in [-0.1, -0.05) is 84.3 Å². The molecule has 1 N–H and O–H groups in total. The molecule has 0 amide bonds. The van der Waals surface area contributed by atoms with Crippen LogP contribution >= 0.6 is 0 Å². The van der Waals surface area contributed by atoms with Crippen LogP contribution in [0.25, 0.3) is 44.2 Å². The Kier molecular flexibility index (Phi) is 5.59. The highest BCUT2D eigenvalue weighted by Crippen LogP contribution is 2.40. The average molecular weight is 448 g/mol. The summed E-state index contributed by atoms with van der Waals surface area (Å²) in [5, 5.41) is 12.6. The van der Waals surface area contributed by atoms with Crippen molar-refractivity contribution in [3.05, 3.63) is 91.0 Å². The van der Waals surface area contributed by atoms with E-state index in [2.05, 4.69) is 66.7 Å². The van der Waals surface area contributed by atoms with Crippen molar-refractivity contribution in [2.24, 2.45) is 0 Å². The normalized spacial score (nSPS) is 12.4. The topological polar surface area (TPSA) is 42.6 Å². The van der Waals surface area contributed by atoms with Crippen LogP contribution in [-0.2, 0) is 4.65 Å². The van der Waals surface area contributed by atoms with Gasteiger partial charge < -0.3 is 14.2 Å². The molecule has 0 aliphatic heterocycles. The Morgan fingerprint density at radius 2 is 1.38 bits per heavy atom. The largest absolute Gasteiger partial charge is 0.456 e. The molecular formula is C30H29BO3. The first kappa shape index (κ1) is 22.5. The standard InChI is InChI=1S/C30H29BO3/c1-29(2,32)30(3,4)34-31-21-17-18-26-25(19-21)28-24(15-10-16-27(28)33-26)23-14-9-8-13-22(23)20-11-6-5-7-12-20/h5-19,31-32H,1-4H3. The van der Waals surface area contributed by atoms with Gasteiger partial charge >= 0.3 is 7.48 Å². The number of fused-ring (bicyclic) bond motifs is 3. The first-order valence-corrected chi connectivity index (χ1v) is 11.7. The summed E-state index contributed by atoms with van der Waals surface area (Å²) in [6.07, 6.45) is 0. The molecule has 5 aromatic rings. The van der Waals surface area contributed by atoms with Gasteiger partial charge in [-0.15, -0.1) is 0 Å². The monoisotopic (exact) mass is 448 g/mol. The maximum atomic E-state index is 10.4. The fourth-order valence-electron chi connectivity index (χ4n) is 4.22. The van der Waals surface area contributed by atoms with Crippen molar-refractivity contribution in [2.45, 2.75) is 38.9 Å². The molecule has 4 aromatic carbocycles. The predicted molar refractivity (Wildman–Crippen MR) is 143 cm³/mol. The number of hydrogen-bond donors (Lipinski definition) is 1. The summed E-state index contributed by atoms with van der Waals surface area (Å²) in [7, 11) is 0.405. The number of benzene rings is 4. The smallest absolute Gasteiger partial charge is 0.309 e. The summed E-state index contributed by atoms with van der Waals surface area (Å²) in [5.74, 6) is 0. The number of aliphatic hydroxyl groups is 1. The molecule has 1 heterocycles. The van der Waals surface area contributed by atoms with Crippen LogP contribution in [0.15, 0.2) is 95.4 Å². The molecule has 0 saturated carbocycles. The summed E-state index contributed by atoms with van der Waals surface area (Å²) < 4.78 is 12.4. The van der Waals surface area contributed by atoms with Crippen LogP contribution in [0.1, 0.15) is 27.7 Å². The lowest BCUT2D eigenvalue weighted by molar-refractivity contribution is -0.0893. The van der Waals surface area contributed by atoms with Crippen molar-refractivity contribution in [2.75, 3.05) is 0 Å².